The predicted molar refractivity (Wildman–Crippen MR) is 73.5 cm³/mol. The average molecular weight is 273 g/mol. The lowest BCUT2D eigenvalue weighted by atomic mass is 10.0. The van der Waals surface area contributed by atoms with E-state index in [4.69, 9.17) is 4.42 Å². The average Bonchev–Trinajstić information content (AvgIpc) is 2.68. The molecule has 2 heterocycles. The number of aromatic nitrogens is 2. The molecule has 1 aromatic rings. The Morgan fingerprint density at radius 1 is 1.35 bits per heavy atom. The van der Waals surface area contributed by atoms with E-state index in [1.165, 1.54) is 0 Å². The molecule has 0 spiro atoms. The van der Waals surface area contributed by atoms with Gasteiger partial charge in [0.15, 0.2) is 0 Å². The number of aryl methyl sites for hydroxylation is 1. The van der Waals surface area contributed by atoms with E-state index in [1.807, 2.05) is 11.8 Å². The maximum Gasteiger partial charge on any atom is 0.234 e. The van der Waals surface area contributed by atoms with E-state index in [-0.39, 0.29) is 15.7 Å². The van der Waals surface area contributed by atoms with Gasteiger partial charge in [-0.1, -0.05) is 0 Å². The van der Waals surface area contributed by atoms with Crippen molar-refractivity contribution in [2.45, 2.75) is 49.8 Å². The topological polar surface area (TPSA) is 51.0 Å². The Morgan fingerprint density at radius 3 is 2.59 bits per heavy atom. The van der Waals surface area contributed by atoms with E-state index in [0.717, 1.165) is 12.2 Å². The van der Waals surface area contributed by atoms with Crippen molar-refractivity contribution in [2.24, 2.45) is 0 Å². The summed E-state index contributed by atoms with van der Waals surface area (Å²) in [7, 11) is 0. The molecule has 1 aliphatic rings. The van der Waals surface area contributed by atoms with Crippen LogP contribution in [0.25, 0.3) is 0 Å². The zero-order valence-corrected chi connectivity index (χ0v) is 12.4. The third-order valence-electron chi connectivity index (χ3n) is 2.76. The molecular formula is C11H19N3OS2. The van der Waals surface area contributed by atoms with Crippen molar-refractivity contribution in [3.05, 3.63) is 11.8 Å². The van der Waals surface area contributed by atoms with Crippen molar-refractivity contribution in [3.63, 3.8) is 0 Å². The molecule has 1 aromatic heterocycles. The number of thiol groups is 1. The van der Waals surface area contributed by atoms with Crippen LogP contribution in [-0.2, 0) is 6.42 Å². The molecule has 96 valence electrons. The molecule has 17 heavy (non-hydrogen) atoms. The molecule has 6 heteroatoms. The van der Waals surface area contributed by atoms with Gasteiger partial charge in [0.05, 0.1) is 4.87 Å². The maximum absolute atomic E-state index is 5.69. The van der Waals surface area contributed by atoms with Gasteiger partial charge in [0.25, 0.3) is 0 Å². The van der Waals surface area contributed by atoms with Gasteiger partial charge in [0, 0.05) is 11.2 Å². The second-order valence-corrected chi connectivity index (χ2v) is 8.02. The molecule has 0 aliphatic carbocycles. The van der Waals surface area contributed by atoms with Gasteiger partial charge in [-0.15, -0.1) is 22.0 Å². The Bertz CT molecular complexity index is 403. The normalized spacial score (nSPS) is 26.3. The summed E-state index contributed by atoms with van der Waals surface area (Å²) in [5.41, 5.74) is 0. The molecule has 4 nitrogen and oxygen atoms in total. The lowest BCUT2D eigenvalue weighted by Crippen LogP contribution is -2.34. The number of hydrogen-bond acceptors (Lipinski definition) is 6. The summed E-state index contributed by atoms with van der Waals surface area (Å²) in [5, 5.41) is 11.7. The van der Waals surface area contributed by atoms with Gasteiger partial charge >= 0.3 is 0 Å². The lowest BCUT2D eigenvalue weighted by Gasteiger charge is -2.22. The highest BCUT2D eigenvalue weighted by Crippen LogP contribution is 2.50. The number of nitrogens with zero attached hydrogens (tertiary/aromatic N) is 2. The van der Waals surface area contributed by atoms with E-state index >= 15 is 0 Å². The molecule has 1 fully saturated rings. The maximum atomic E-state index is 5.69. The van der Waals surface area contributed by atoms with E-state index < -0.39 is 0 Å². The summed E-state index contributed by atoms with van der Waals surface area (Å²) in [4.78, 5) is 0.0341. The third-order valence-corrected chi connectivity index (χ3v) is 4.37. The van der Waals surface area contributed by atoms with Crippen LogP contribution >= 0.6 is 24.4 Å². The van der Waals surface area contributed by atoms with Crippen LogP contribution in [0.4, 0.5) is 0 Å². The smallest absolute Gasteiger partial charge is 0.234 e. The largest absolute Gasteiger partial charge is 0.423 e. The van der Waals surface area contributed by atoms with Gasteiger partial charge in [-0.3, -0.25) is 5.32 Å². The molecule has 0 amide bonds. The number of rotatable bonds is 3. The van der Waals surface area contributed by atoms with Crippen molar-refractivity contribution in [3.8, 4) is 0 Å². The fourth-order valence-corrected chi connectivity index (χ4v) is 4.17. The molecule has 1 saturated heterocycles. The van der Waals surface area contributed by atoms with Crippen LogP contribution in [0.3, 0.4) is 0 Å². The summed E-state index contributed by atoms with van der Waals surface area (Å²) >= 11 is 6.06. The van der Waals surface area contributed by atoms with Gasteiger partial charge in [-0.2, -0.15) is 12.6 Å². The standard InChI is InChI=1S/C11H19N3OS2/c1-10(2)8(12-11(3,4)17-10)9-14-13-7(15-9)5-6-16/h8,12,16H,5-6H2,1-4H3/t8-/m0/s1. The molecule has 1 atom stereocenters. The quantitative estimate of drug-likeness (QED) is 0.828. The highest BCUT2D eigenvalue weighted by Gasteiger charge is 2.48. The van der Waals surface area contributed by atoms with Crippen molar-refractivity contribution in [1.29, 1.82) is 0 Å². The highest BCUT2D eigenvalue weighted by atomic mass is 32.2. The Kier molecular flexibility index (Phi) is 3.49. The Balaban J connectivity index is 2.21. The van der Waals surface area contributed by atoms with Crippen LogP contribution < -0.4 is 5.32 Å². The molecule has 0 radical (unpaired) electrons. The fourth-order valence-electron chi connectivity index (χ4n) is 2.21. The van der Waals surface area contributed by atoms with E-state index in [0.29, 0.717) is 11.8 Å². The van der Waals surface area contributed by atoms with Crippen LogP contribution in [-0.4, -0.2) is 25.6 Å². The highest BCUT2D eigenvalue weighted by molar-refractivity contribution is 8.02. The zero-order chi connectivity index (χ0) is 12.7. The first kappa shape index (κ1) is 13.2. The van der Waals surface area contributed by atoms with Gasteiger partial charge in [-0.05, 0) is 33.4 Å². The minimum absolute atomic E-state index is 0.0341. The van der Waals surface area contributed by atoms with Crippen LogP contribution in [0.2, 0.25) is 0 Å². The van der Waals surface area contributed by atoms with Crippen LogP contribution in [0.5, 0.6) is 0 Å². The van der Waals surface area contributed by atoms with Crippen LogP contribution in [0, 0.1) is 0 Å². The van der Waals surface area contributed by atoms with E-state index in [9.17, 15) is 0 Å². The molecule has 0 unspecified atom stereocenters. The molecule has 0 bridgehead atoms. The molecule has 0 aromatic carbocycles. The number of nitrogens with one attached hydrogen (secondary N) is 1. The Morgan fingerprint density at radius 2 is 2.06 bits per heavy atom. The first-order chi connectivity index (χ1) is 7.84. The fraction of sp³-hybridized carbons (Fsp3) is 0.818. The first-order valence-corrected chi connectivity index (χ1v) is 7.20. The molecule has 1 aliphatic heterocycles. The second-order valence-electron chi connectivity index (χ2n) is 5.30. The van der Waals surface area contributed by atoms with E-state index in [1.54, 1.807) is 0 Å². The van der Waals surface area contributed by atoms with Gasteiger partial charge in [0.1, 0.15) is 6.04 Å². The van der Waals surface area contributed by atoms with Crippen molar-refractivity contribution in [2.75, 3.05) is 5.75 Å². The summed E-state index contributed by atoms with van der Waals surface area (Å²) in [5.74, 6) is 2.08. The van der Waals surface area contributed by atoms with Gasteiger partial charge in [-0.25, -0.2) is 0 Å². The molecule has 0 saturated carbocycles. The minimum atomic E-state index is 0.0341. The number of hydrogen-bond donors (Lipinski definition) is 2. The van der Waals surface area contributed by atoms with Crippen LogP contribution in [0.15, 0.2) is 4.42 Å². The Hall–Kier alpha value is -0.200. The summed E-state index contributed by atoms with van der Waals surface area (Å²) in [6.07, 6.45) is 0.722. The molecular weight excluding hydrogens is 254 g/mol. The van der Waals surface area contributed by atoms with Crippen molar-refractivity contribution < 1.29 is 4.42 Å². The monoisotopic (exact) mass is 273 g/mol. The summed E-state index contributed by atoms with van der Waals surface area (Å²) < 4.78 is 5.74. The van der Waals surface area contributed by atoms with Crippen LogP contribution in [0.1, 0.15) is 45.5 Å². The van der Waals surface area contributed by atoms with Crippen molar-refractivity contribution >= 4 is 24.4 Å². The first-order valence-electron chi connectivity index (χ1n) is 5.75. The van der Waals surface area contributed by atoms with Gasteiger partial charge in [0.2, 0.25) is 11.8 Å². The second kappa shape index (κ2) is 4.48. The molecule has 2 rings (SSSR count). The Labute approximate surface area is 112 Å². The third kappa shape index (κ3) is 2.80. The zero-order valence-electron chi connectivity index (χ0n) is 10.6. The SMILES string of the molecule is CC1(C)N[C@@H](c2nnc(CCS)o2)C(C)(C)S1. The molecule has 1 N–H and O–H groups in total. The minimum Gasteiger partial charge on any atom is -0.423 e. The summed E-state index contributed by atoms with van der Waals surface area (Å²) in [6, 6.07) is 0.101. The predicted octanol–water partition coefficient (Wildman–Crippen LogP) is 2.43. The number of thioether (sulfide) groups is 1. The van der Waals surface area contributed by atoms with E-state index in [2.05, 4.69) is 55.8 Å². The van der Waals surface area contributed by atoms with Gasteiger partial charge < -0.3 is 4.42 Å². The lowest BCUT2D eigenvalue weighted by molar-refractivity contribution is 0.339. The summed E-state index contributed by atoms with van der Waals surface area (Å²) in [6.45, 7) is 8.74. The van der Waals surface area contributed by atoms with Crippen molar-refractivity contribution in [1.82, 2.24) is 15.5 Å².